The lowest BCUT2D eigenvalue weighted by Crippen LogP contribution is -2.29. The van der Waals surface area contributed by atoms with Crippen LogP contribution in [0, 0.1) is 5.92 Å². The number of rotatable bonds is 10. The number of ether oxygens (including phenoxy) is 1. The maximum Gasteiger partial charge on any atom is 0.306 e. The third kappa shape index (κ3) is 7.09. The van der Waals surface area contributed by atoms with Crippen molar-refractivity contribution >= 4 is 23.3 Å². The molecule has 0 atom stereocenters. The first kappa shape index (κ1) is 25.7. The molecule has 2 fully saturated rings. The molecule has 0 spiro atoms. The highest BCUT2D eigenvalue weighted by Gasteiger charge is 2.26. The Hall–Kier alpha value is -3.35. The summed E-state index contributed by atoms with van der Waals surface area (Å²) in [6.07, 6.45) is 7.40. The van der Waals surface area contributed by atoms with Gasteiger partial charge in [0.15, 0.2) is 5.78 Å². The molecule has 0 unspecified atom stereocenters. The van der Waals surface area contributed by atoms with E-state index >= 15 is 0 Å². The van der Waals surface area contributed by atoms with E-state index in [9.17, 15) is 14.4 Å². The van der Waals surface area contributed by atoms with Crippen molar-refractivity contribution in [3.8, 4) is 5.75 Å². The van der Waals surface area contributed by atoms with E-state index in [1.54, 1.807) is 24.3 Å². The summed E-state index contributed by atoms with van der Waals surface area (Å²) >= 11 is 0. The number of ketones is 1. The molecule has 4 rings (SSSR count). The van der Waals surface area contributed by atoms with E-state index < -0.39 is 5.97 Å². The summed E-state index contributed by atoms with van der Waals surface area (Å²) in [5, 5.41) is 12.0. The predicted octanol–water partition coefficient (Wildman–Crippen LogP) is 5.09. The number of nitrogens with zero attached hydrogens (tertiary/aromatic N) is 1. The molecule has 0 radical (unpaired) electrons. The Bertz CT molecular complexity index is 1020. The van der Waals surface area contributed by atoms with Crippen LogP contribution in [0.25, 0.3) is 0 Å². The molecule has 0 aromatic heterocycles. The fourth-order valence-corrected chi connectivity index (χ4v) is 5.01. The van der Waals surface area contributed by atoms with Gasteiger partial charge < -0.3 is 20.1 Å². The van der Waals surface area contributed by atoms with E-state index in [1.165, 1.54) is 24.9 Å². The summed E-state index contributed by atoms with van der Waals surface area (Å²) in [5.41, 5.74) is 2.42. The Labute approximate surface area is 212 Å². The number of Topliss-reactive ketones (excluding diaryl/α,β-unsaturated/α-hetero) is 1. The largest absolute Gasteiger partial charge is 0.490 e. The van der Waals surface area contributed by atoms with Crippen LogP contribution in [0.15, 0.2) is 48.5 Å². The van der Waals surface area contributed by atoms with Crippen LogP contribution in [0.1, 0.15) is 78.5 Å². The summed E-state index contributed by atoms with van der Waals surface area (Å²) in [4.78, 5) is 38.4. The van der Waals surface area contributed by atoms with Crippen molar-refractivity contribution in [1.82, 2.24) is 5.32 Å². The van der Waals surface area contributed by atoms with Crippen LogP contribution in [0.2, 0.25) is 0 Å². The SMILES string of the molecule is O=C(CCCNC(=O)c1ccc(N2CCCCC2)cc1)c1ccc(OC2CCC(C(=O)O)CC2)cc1. The highest BCUT2D eigenvalue weighted by molar-refractivity contribution is 5.96. The van der Waals surface area contributed by atoms with Gasteiger partial charge in [-0.3, -0.25) is 14.4 Å². The smallest absolute Gasteiger partial charge is 0.306 e. The molecule has 1 aliphatic carbocycles. The standard InChI is InChI=1S/C29H36N2O5/c32-27(21-8-14-25(15-9-21)36-26-16-10-23(11-17-26)29(34)35)5-4-18-30-28(33)22-6-12-24(13-7-22)31-19-2-1-3-20-31/h6-9,12-15,23,26H,1-5,10-11,16-20H2,(H,30,33)(H,34,35). The maximum atomic E-state index is 12.5. The van der Waals surface area contributed by atoms with Gasteiger partial charge in [-0.25, -0.2) is 0 Å². The Morgan fingerprint density at radius 1 is 0.861 bits per heavy atom. The van der Waals surface area contributed by atoms with Crippen LogP contribution in [0.4, 0.5) is 5.69 Å². The van der Waals surface area contributed by atoms with Crippen molar-refractivity contribution in [3.05, 3.63) is 59.7 Å². The number of amides is 1. The molecule has 1 saturated heterocycles. The summed E-state index contributed by atoms with van der Waals surface area (Å²) in [6, 6.07) is 14.9. The summed E-state index contributed by atoms with van der Waals surface area (Å²) < 4.78 is 5.97. The van der Waals surface area contributed by atoms with Gasteiger partial charge >= 0.3 is 5.97 Å². The van der Waals surface area contributed by atoms with Gasteiger partial charge in [0.2, 0.25) is 0 Å². The minimum Gasteiger partial charge on any atom is -0.490 e. The zero-order valence-electron chi connectivity index (χ0n) is 20.8. The number of benzene rings is 2. The number of anilines is 1. The number of aliphatic carboxylic acids is 1. The van der Waals surface area contributed by atoms with Crippen LogP contribution < -0.4 is 15.0 Å². The number of piperidine rings is 1. The van der Waals surface area contributed by atoms with Crippen LogP contribution in [-0.4, -0.2) is 48.5 Å². The topological polar surface area (TPSA) is 95.9 Å². The molecule has 7 nitrogen and oxygen atoms in total. The number of carboxylic acids is 1. The second-order valence-electron chi connectivity index (χ2n) is 9.83. The third-order valence-corrected chi connectivity index (χ3v) is 7.22. The quantitative estimate of drug-likeness (QED) is 0.354. The zero-order chi connectivity index (χ0) is 25.3. The monoisotopic (exact) mass is 492 g/mol. The number of carbonyl (C=O) groups is 3. The normalized spacial score (nSPS) is 19.9. The van der Waals surface area contributed by atoms with E-state index in [4.69, 9.17) is 9.84 Å². The van der Waals surface area contributed by atoms with Crippen molar-refractivity contribution in [2.45, 2.75) is 63.9 Å². The molecular weight excluding hydrogens is 456 g/mol. The average molecular weight is 493 g/mol. The molecule has 7 heteroatoms. The second kappa shape index (κ2) is 12.6. The van der Waals surface area contributed by atoms with Gasteiger partial charge in [-0.05, 0) is 99.9 Å². The second-order valence-corrected chi connectivity index (χ2v) is 9.83. The molecule has 0 bridgehead atoms. The van der Waals surface area contributed by atoms with E-state index in [2.05, 4.69) is 10.2 Å². The number of hydrogen-bond acceptors (Lipinski definition) is 5. The Balaban J connectivity index is 1.15. The molecule has 2 aliphatic rings. The molecule has 1 aliphatic heterocycles. The van der Waals surface area contributed by atoms with Gasteiger partial charge in [-0.1, -0.05) is 0 Å². The van der Waals surface area contributed by atoms with Crippen molar-refractivity contribution in [1.29, 1.82) is 0 Å². The van der Waals surface area contributed by atoms with Crippen LogP contribution >= 0.6 is 0 Å². The lowest BCUT2D eigenvalue weighted by molar-refractivity contribution is -0.143. The van der Waals surface area contributed by atoms with E-state index in [-0.39, 0.29) is 23.7 Å². The Kier molecular flexibility index (Phi) is 8.98. The minimum absolute atomic E-state index is 0.0201. The van der Waals surface area contributed by atoms with Gasteiger partial charge in [-0.15, -0.1) is 0 Å². The van der Waals surface area contributed by atoms with Crippen LogP contribution in [0.3, 0.4) is 0 Å². The fourth-order valence-electron chi connectivity index (χ4n) is 5.01. The molecule has 1 amide bonds. The predicted molar refractivity (Wildman–Crippen MR) is 139 cm³/mol. The number of hydrogen-bond donors (Lipinski definition) is 2. The van der Waals surface area contributed by atoms with Crippen molar-refractivity contribution < 1.29 is 24.2 Å². The van der Waals surface area contributed by atoms with Gasteiger partial charge in [0.05, 0.1) is 12.0 Å². The van der Waals surface area contributed by atoms with Gasteiger partial charge in [0, 0.05) is 42.9 Å². The van der Waals surface area contributed by atoms with E-state index in [1.807, 2.05) is 24.3 Å². The zero-order valence-corrected chi connectivity index (χ0v) is 20.8. The first-order chi connectivity index (χ1) is 17.5. The van der Waals surface area contributed by atoms with Crippen LogP contribution in [-0.2, 0) is 4.79 Å². The lowest BCUT2D eigenvalue weighted by atomic mass is 9.87. The van der Waals surface area contributed by atoms with E-state index in [0.717, 1.165) is 25.9 Å². The summed E-state index contributed by atoms with van der Waals surface area (Å²) in [6.45, 7) is 2.59. The van der Waals surface area contributed by atoms with Gasteiger partial charge in [-0.2, -0.15) is 0 Å². The highest BCUT2D eigenvalue weighted by Crippen LogP contribution is 2.28. The first-order valence-corrected chi connectivity index (χ1v) is 13.2. The Morgan fingerprint density at radius 2 is 1.50 bits per heavy atom. The van der Waals surface area contributed by atoms with Gasteiger partial charge in [0.1, 0.15) is 5.75 Å². The van der Waals surface area contributed by atoms with Crippen molar-refractivity contribution in [2.75, 3.05) is 24.5 Å². The molecule has 2 N–H and O–H groups in total. The fraction of sp³-hybridized carbons (Fsp3) is 0.483. The molecule has 2 aromatic rings. The number of nitrogens with one attached hydrogen (secondary N) is 1. The van der Waals surface area contributed by atoms with Crippen LogP contribution in [0.5, 0.6) is 5.75 Å². The van der Waals surface area contributed by atoms with Gasteiger partial charge in [0.25, 0.3) is 5.91 Å². The van der Waals surface area contributed by atoms with Crippen molar-refractivity contribution in [2.24, 2.45) is 5.92 Å². The number of carboxylic acid groups (broad SMARTS) is 1. The molecule has 1 saturated carbocycles. The molecule has 36 heavy (non-hydrogen) atoms. The first-order valence-electron chi connectivity index (χ1n) is 13.2. The molecule has 2 aromatic carbocycles. The average Bonchev–Trinajstić information content (AvgIpc) is 2.92. The molecule has 192 valence electrons. The Morgan fingerprint density at radius 3 is 2.14 bits per heavy atom. The third-order valence-electron chi connectivity index (χ3n) is 7.22. The highest BCUT2D eigenvalue weighted by atomic mass is 16.5. The van der Waals surface area contributed by atoms with E-state index in [0.29, 0.717) is 49.1 Å². The molecular formula is C29H36N2O5. The lowest BCUT2D eigenvalue weighted by Gasteiger charge is -2.28. The minimum atomic E-state index is -0.724. The summed E-state index contributed by atoms with van der Waals surface area (Å²) in [5.74, 6) is -0.378. The maximum absolute atomic E-state index is 12.5. The van der Waals surface area contributed by atoms with Crippen molar-refractivity contribution in [3.63, 3.8) is 0 Å². The number of carbonyl (C=O) groups excluding carboxylic acids is 2. The molecule has 1 heterocycles. The summed E-state index contributed by atoms with van der Waals surface area (Å²) in [7, 11) is 0.